The number of amides is 1. The van der Waals surface area contributed by atoms with E-state index in [1.165, 1.54) is 36.0 Å². The van der Waals surface area contributed by atoms with E-state index in [4.69, 9.17) is 11.6 Å². The first-order chi connectivity index (χ1) is 13.4. The number of rotatable bonds is 7. The van der Waals surface area contributed by atoms with Crippen LogP contribution in [0.2, 0.25) is 5.02 Å². The van der Waals surface area contributed by atoms with Gasteiger partial charge in [0.15, 0.2) is 10.1 Å². The van der Waals surface area contributed by atoms with E-state index in [9.17, 15) is 19.7 Å². The summed E-state index contributed by atoms with van der Waals surface area (Å²) in [5.74, 6) is -0.361. The van der Waals surface area contributed by atoms with E-state index in [0.29, 0.717) is 14.9 Å². The first-order valence-electron chi connectivity index (χ1n) is 7.73. The normalized spacial score (nSPS) is 10.5. The van der Waals surface area contributed by atoms with E-state index >= 15 is 0 Å². The fourth-order valence-electron chi connectivity index (χ4n) is 2.07. The van der Waals surface area contributed by atoms with Gasteiger partial charge in [-0.1, -0.05) is 34.7 Å². The summed E-state index contributed by atoms with van der Waals surface area (Å²) in [6.07, 6.45) is 0. The van der Waals surface area contributed by atoms with Crippen molar-refractivity contribution in [2.24, 2.45) is 0 Å². The highest BCUT2D eigenvalue weighted by Crippen LogP contribution is 2.26. The number of nitro groups is 1. The van der Waals surface area contributed by atoms with Crippen LogP contribution in [0.3, 0.4) is 0 Å². The second kappa shape index (κ2) is 8.91. The second-order valence-corrected chi connectivity index (χ2v) is 7.99. The van der Waals surface area contributed by atoms with Gasteiger partial charge in [0.2, 0.25) is 5.13 Å². The maximum atomic E-state index is 12.2. The molecule has 0 aliphatic carbocycles. The van der Waals surface area contributed by atoms with Crippen molar-refractivity contribution in [3.63, 3.8) is 0 Å². The molecule has 0 bridgehead atoms. The van der Waals surface area contributed by atoms with Gasteiger partial charge in [0.25, 0.3) is 11.6 Å². The summed E-state index contributed by atoms with van der Waals surface area (Å²) in [4.78, 5) is 34.4. The summed E-state index contributed by atoms with van der Waals surface area (Å²) in [6, 6.07) is 11.8. The van der Waals surface area contributed by atoms with Gasteiger partial charge < -0.3 is 0 Å². The van der Waals surface area contributed by atoms with E-state index in [1.54, 1.807) is 24.3 Å². The lowest BCUT2D eigenvalue weighted by atomic mass is 10.1. The molecule has 0 fully saturated rings. The van der Waals surface area contributed by atoms with Crippen molar-refractivity contribution >= 4 is 57.2 Å². The summed E-state index contributed by atoms with van der Waals surface area (Å²) in [7, 11) is 0. The van der Waals surface area contributed by atoms with Crippen LogP contribution < -0.4 is 5.32 Å². The molecular formula is C17H11ClN4O4S2. The van der Waals surface area contributed by atoms with Gasteiger partial charge in [-0.05, 0) is 36.4 Å². The van der Waals surface area contributed by atoms with Crippen molar-refractivity contribution in [3.05, 3.63) is 74.8 Å². The number of nitrogens with zero attached hydrogens (tertiary/aromatic N) is 3. The summed E-state index contributed by atoms with van der Waals surface area (Å²) in [6.45, 7) is 0. The van der Waals surface area contributed by atoms with E-state index in [2.05, 4.69) is 15.5 Å². The molecule has 8 nitrogen and oxygen atoms in total. The van der Waals surface area contributed by atoms with Crippen LogP contribution in [0, 0.1) is 10.1 Å². The van der Waals surface area contributed by atoms with Crippen LogP contribution >= 0.6 is 34.7 Å². The van der Waals surface area contributed by atoms with Gasteiger partial charge in [0, 0.05) is 28.3 Å². The molecule has 1 heterocycles. The minimum atomic E-state index is -0.540. The van der Waals surface area contributed by atoms with Crippen LogP contribution in [-0.2, 0) is 0 Å². The molecule has 3 rings (SSSR count). The Hall–Kier alpha value is -2.82. The molecular weight excluding hydrogens is 424 g/mol. The lowest BCUT2D eigenvalue weighted by Gasteiger charge is -2.00. The molecule has 142 valence electrons. The van der Waals surface area contributed by atoms with E-state index in [-0.39, 0.29) is 27.9 Å². The Balaban J connectivity index is 1.56. The number of carbonyl (C=O) groups excluding carboxylic acids is 2. The first-order valence-corrected chi connectivity index (χ1v) is 9.91. The molecule has 0 saturated carbocycles. The van der Waals surface area contributed by atoms with E-state index in [0.717, 1.165) is 11.3 Å². The average molecular weight is 435 g/mol. The van der Waals surface area contributed by atoms with Crippen molar-refractivity contribution < 1.29 is 14.5 Å². The molecule has 3 aromatic rings. The number of aromatic nitrogens is 2. The Morgan fingerprint density at radius 2 is 1.71 bits per heavy atom. The van der Waals surface area contributed by atoms with Crippen LogP contribution in [0.5, 0.6) is 0 Å². The fourth-order valence-corrected chi connectivity index (χ4v) is 3.84. The second-order valence-electron chi connectivity index (χ2n) is 5.35. The smallest absolute Gasteiger partial charge is 0.269 e. The van der Waals surface area contributed by atoms with E-state index in [1.807, 2.05) is 0 Å². The van der Waals surface area contributed by atoms with Gasteiger partial charge in [-0.25, -0.2) is 0 Å². The number of thioether (sulfide) groups is 1. The molecule has 1 amide bonds. The summed E-state index contributed by atoms with van der Waals surface area (Å²) in [5, 5.41) is 21.9. The van der Waals surface area contributed by atoms with Crippen molar-refractivity contribution in [2.75, 3.05) is 11.1 Å². The van der Waals surface area contributed by atoms with Crippen LogP contribution in [-0.4, -0.2) is 32.6 Å². The zero-order valence-corrected chi connectivity index (χ0v) is 16.4. The Bertz CT molecular complexity index is 1020. The van der Waals surface area contributed by atoms with Gasteiger partial charge in [0.1, 0.15) is 0 Å². The third-order valence-electron chi connectivity index (χ3n) is 3.46. The fraction of sp³-hybridized carbons (Fsp3) is 0.0588. The molecule has 0 radical (unpaired) electrons. The number of halogens is 1. The van der Waals surface area contributed by atoms with Crippen LogP contribution in [0.15, 0.2) is 52.9 Å². The lowest BCUT2D eigenvalue weighted by molar-refractivity contribution is -0.384. The number of ketones is 1. The molecule has 1 N–H and O–H groups in total. The topological polar surface area (TPSA) is 115 Å². The zero-order valence-electron chi connectivity index (χ0n) is 14.0. The Labute approximate surface area is 172 Å². The number of benzene rings is 2. The van der Waals surface area contributed by atoms with Crippen molar-refractivity contribution in [3.8, 4) is 0 Å². The minimum absolute atomic E-state index is 0.0756. The Morgan fingerprint density at radius 1 is 1.07 bits per heavy atom. The number of nitrogens with one attached hydrogen (secondary N) is 1. The molecule has 0 aliphatic heterocycles. The maximum absolute atomic E-state index is 12.2. The Morgan fingerprint density at radius 3 is 2.36 bits per heavy atom. The predicted molar refractivity (Wildman–Crippen MR) is 107 cm³/mol. The molecule has 1 aromatic heterocycles. The molecule has 0 aliphatic rings. The van der Waals surface area contributed by atoms with Crippen LogP contribution in [0.4, 0.5) is 10.8 Å². The molecule has 28 heavy (non-hydrogen) atoms. The van der Waals surface area contributed by atoms with Gasteiger partial charge in [-0.15, -0.1) is 10.2 Å². The SMILES string of the molecule is O=C(CSc1nnc(NC(=O)c2ccc([N+](=O)[O-])cc2)s1)c1ccc(Cl)cc1. The summed E-state index contributed by atoms with van der Waals surface area (Å²) >= 11 is 8.15. The zero-order chi connectivity index (χ0) is 20.1. The first kappa shape index (κ1) is 19.9. The van der Waals surface area contributed by atoms with Gasteiger partial charge in [-0.2, -0.15) is 0 Å². The summed E-state index contributed by atoms with van der Waals surface area (Å²) < 4.78 is 0.529. The average Bonchev–Trinajstić information content (AvgIpc) is 3.14. The van der Waals surface area contributed by atoms with Crippen molar-refractivity contribution in [2.45, 2.75) is 4.34 Å². The molecule has 0 unspecified atom stereocenters. The number of hydrogen-bond acceptors (Lipinski definition) is 8. The van der Waals surface area contributed by atoms with Crippen LogP contribution in [0.1, 0.15) is 20.7 Å². The number of non-ortho nitro benzene ring substituents is 1. The van der Waals surface area contributed by atoms with Crippen LogP contribution in [0.25, 0.3) is 0 Å². The minimum Gasteiger partial charge on any atom is -0.296 e. The highest BCUT2D eigenvalue weighted by molar-refractivity contribution is 8.01. The number of anilines is 1. The number of Topliss-reactive ketones (excluding diaryl/α,β-unsaturated/α-hetero) is 1. The molecule has 0 spiro atoms. The van der Waals surface area contributed by atoms with Gasteiger partial charge in [0.05, 0.1) is 10.7 Å². The van der Waals surface area contributed by atoms with Gasteiger partial charge >= 0.3 is 0 Å². The number of hydrogen-bond donors (Lipinski definition) is 1. The highest BCUT2D eigenvalue weighted by atomic mass is 35.5. The standard InChI is InChI=1S/C17H11ClN4O4S2/c18-12-5-1-10(2-6-12)14(23)9-27-17-21-20-16(28-17)19-15(24)11-3-7-13(8-4-11)22(25)26/h1-8H,9H2,(H,19,20,24). The quantitative estimate of drug-likeness (QED) is 0.193. The summed E-state index contributed by atoms with van der Waals surface area (Å²) in [5.41, 5.74) is 0.706. The number of carbonyl (C=O) groups is 2. The number of nitro benzene ring substituents is 1. The van der Waals surface area contributed by atoms with Crippen molar-refractivity contribution in [1.29, 1.82) is 0 Å². The molecule has 0 atom stereocenters. The Kier molecular flexibility index (Phi) is 6.34. The predicted octanol–water partition coefficient (Wildman–Crippen LogP) is 4.33. The molecule has 2 aromatic carbocycles. The third-order valence-corrected chi connectivity index (χ3v) is 5.68. The molecule has 11 heteroatoms. The highest BCUT2D eigenvalue weighted by Gasteiger charge is 2.14. The monoisotopic (exact) mass is 434 g/mol. The molecule has 0 saturated heterocycles. The van der Waals surface area contributed by atoms with E-state index < -0.39 is 10.8 Å². The van der Waals surface area contributed by atoms with Gasteiger partial charge in [-0.3, -0.25) is 25.0 Å². The maximum Gasteiger partial charge on any atom is 0.269 e. The lowest BCUT2D eigenvalue weighted by Crippen LogP contribution is -2.11. The third kappa shape index (κ3) is 5.12. The largest absolute Gasteiger partial charge is 0.296 e. The van der Waals surface area contributed by atoms with Crippen molar-refractivity contribution in [1.82, 2.24) is 10.2 Å².